The predicted octanol–water partition coefficient (Wildman–Crippen LogP) is 3.56. The van der Waals surface area contributed by atoms with E-state index in [0.717, 1.165) is 11.1 Å². The van der Waals surface area contributed by atoms with E-state index in [-0.39, 0.29) is 11.6 Å². The molecule has 0 fully saturated rings. The molecule has 114 valence electrons. The molecule has 2 aromatic carbocycles. The molecule has 0 heterocycles. The molecular weight excluding hydrogens is 323 g/mol. The zero-order valence-corrected chi connectivity index (χ0v) is 13.3. The van der Waals surface area contributed by atoms with Crippen molar-refractivity contribution in [3.63, 3.8) is 0 Å². The lowest BCUT2D eigenvalue weighted by atomic mass is 10.1. The number of hydrogen-bond acceptors (Lipinski definition) is 2. The maximum Gasteiger partial charge on any atom is 0.313 e. The SMILES string of the molecule is Cc1ccccc1CNC(=O)C(=O)Nc1cccc(Cl)c1Cl. The number of anilines is 1. The molecule has 0 unspecified atom stereocenters. The van der Waals surface area contributed by atoms with Gasteiger partial charge < -0.3 is 10.6 Å². The van der Waals surface area contributed by atoms with Crippen LogP contribution in [0.25, 0.3) is 0 Å². The topological polar surface area (TPSA) is 58.2 Å². The Bertz CT molecular complexity index is 717. The van der Waals surface area contributed by atoms with Gasteiger partial charge in [0.2, 0.25) is 0 Å². The molecule has 2 amide bonds. The van der Waals surface area contributed by atoms with Crippen LogP contribution in [0.4, 0.5) is 5.69 Å². The molecule has 2 aromatic rings. The summed E-state index contributed by atoms with van der Waals surface area (Å²) < 4.78 is 0. The van der Waals surface area contributed by atoms with Gasteiger partial charge in [0.1, 0.15) is 0 Å². The Kier molecular flexibility index (Phi) is 5.41. The number of carbonyl (C=O) groups excluding carboxylic acids is 2. The van der Waals surface area contributed by atoms with E-state index in [1.807, 2.05) is 31.2 Å². The monoisotopic (exact) mass is 336 g/mol. The number of benzene rings is 2. The first-order valence-corrected chi connectivity index (χ1v) is 7.32. The van der Waals surface area contributed by atoms with Gasteiger partial charge in [-0.2, -0.15) is 0 Å². The quantitative estimate of drug-likeness (QED) is 0.842. The van der Waals surface area contributed by atoms with Gasteiger partial charge >= 0.3 is 11.8 Å². The number of hydrogen-bond donors (Lipinski definition) is 2. The first-order valence-electron chi connectivity index (χ1n) is 6.56. The summed E-state index contributed by atoms with van der Waals surface area (Å²) in [5, 5.41) is 5.50. The van der Waals surface area contributed by atoms with Gasteiger partial charge in [0.05, 0.1) is 15.7 Å². The Morgan fingerprint density at radius 3 is 2.45 bits per heavy atom. The highest BCUT2D eigenvalue weighted by molar-refractivity contribution is 6.45. The van der Waals surface area contributed by atoms with Crippen molar-refractivity contribution in [1.82, 2.24) is 5.32 Å². The highest BCUT2D eigenvalue weighted by atomic mass is 35.5. The smallest absolute Gasteiger partial charge is 0.313 e. The lowest BCUT2D eigenvalue weighted by Crippen LogP contribution is -2.35. The molecular formula is C16H14Cl2N2O2. The summed E-state index contributed by atoms with van der Waals surface area (Å²) in [6, 6.07) is 12.4. The van der Waals surface area contributed by atoms with E-state index in [1.54, 1.807) is 18.2 Å². The van der Waals surface area contributed by atoms with E-state index in [9.17, 15) is 9.59 Å². The number of nitrogens with one attached hydrogen (secondary N) is 2. The Labute approximate surface area is 138 Å². The van der Waals surface area contributed by atoms with Crippen molar-refractivity contribution in [2.24, 2.45) is 0 Å². The molecule has 0 aliphatic carbocycles. The fraction of sp³-hybridized carbons (Fsp3) is 0.125. The number of rotatable bonds is 3. The first kappa shape index (κ1) is 16.3. The van der Waals surface area contributed by atoms with Crippen molar-refractivity contribution < 1.29 is 9.59 Å². The lowest BCUT2D eigenvalue weighted by Gasteiger charge is -2.09. The summed E-state index contributed by atoms with van der Waals surface area (Å²) >= 11 is 11.8. The maximum absolute atomic E-state index is 11.9. The largest absolute Gasteiger partial charge is 0.344 e. The predicted molar refractivity (Wildman–Crippen MR) is 88.1 cm³/mol. The second kappa shape index (κ2) is 7.29. The van der Waals surface area contributed by atoms with Crippen LogP contribution >= 0.6 is 23.2 Å². The molecule has 0 atom stereocenters. The first-order chi connectivity index (χ1) is 10.5. The van der Waals surface area contributed by atoms with E-state index in [0.29, 0.717) is 10.7 Å². The van der Waals surface area contributed by atoms with Crippen LogP contribution in [-0.4, -0.2) is 11.8 Å². The number of amides is 2. The third-order valence-electron chi connectivity index (χ3n) is 3.11. The molecule has 0 bridgehead atoms. The van der Waals surface area contributed by atoms with E-state index >= 15 is 0 Å². The highest BCUT2D eigenvalue weighted by Gasteiger charge is 2.15. The molecule has 0 aliphatic heterocycles. The van der Waals surface area contributed by atoms with Crippen LogP contribution in [0.1, 0.15) is 11.1 Å². The summed E-state index contributed by atoms with van der Waals surface area (Å²) in [5.74, 6) is -1.53. The average molecular weight is 337 g/mol. The highest BCUT2D eigenvalue weighted by Crippen LogP contribution is 2.29. The van der Waals surface area contributed by atoms with Gasteiger partial charge in [0.25, 0.3) is 0 Å². The van der Waals surface area contributed by atoms with Crippen molar-refractivity contribution in [2.75, 3.05) is 5.32 Å². The Morgan fingerprint density at radius 1 is 1.00 bits per heavy atom. The summed E-state index contributed by atoms with van der Waals surface area (Å²) in [6.07, 6.45) is 0. The van der Waals surface area contributed by atoms with Crippen LogP contribution in [0.3, 0.4) is 0 Å². The zero-order valence-electron chi connectivity index (χ0n) is 11.8. The fourth-order valence-corrected chi connectivity index (χ4v) is 2.19. The van der Waals surface area contributed by atoms with E-state index in [2.05, 4.69) is 10.6 Å². The Hall–Kier alpha value is -2.04. The standard InChI is InChI=1S/C16H14Cl2N2O2/c1-10-5-2-3-6-11(10)9-19-15(21)16(22)20-13-8-4-7-12(17)14(13)18/h2-8H,9H2,1H3,(H,19,21)(H,20,22). The molecule has 2 N–H and O–H groups in total. The number of halogens is 2. The van der Waals surface area contributed by atoms with Crippen LogP contribution in [0.5, 0.6) is 0 Å². The molecule has 0 saturated carbocycles. The Morgan fingerprint density at radius 2 is 1.73 bits per heavy atom. The minimum atomic E-state index is -0.794. The van der Waals surface area contributed by atoms with Gasteiger partial charge in [0, 0.05) is 6.54 Å². The minimum absolute atomic E-state index is 0.198. The van der Waals surface area contributed by atoms with Crippen LogP contribution in [0.15, 0.2) is 42.5 Å². The van der Waals surface area contributed by atoms with Crippen LogP contribution in [0, 0.1) is 6.92 Å². The lowest BCUT2D eigenvalue weighted by molar-refractivity contribution is -0.136. The van der Waals surface area contributed by atoms with Crippen molar-refractivity contribution in [3.8, 4) is 0 Å². The van der Waals surface area contributed by atoms with E-state index in [1.165, 1.54) is 0 Å². The van der Waals surface area contributed by atoms with Crippen molar-refractivity contribution in [3.05, 3.63) is 63.6 Å². The molecule has 2 rings (SSSR count). The molecule has 0 radical (unpaired) electrons. The van der Waals surface area contributed by atoms with E-state index < -0.39 is 11.8 Å². The third kappa shape index (κ3) is 4.00. The molecule has 22 heavy (non-hydrogen) atoms. The molecule has 6 heteroatoms. The van der Waals surface area contributed by atoms with Gasteiger partial charge in [-0.1, -0.05) is 53.5 Å². The molecule has 0 spiro atoms. The zero-order chi connectivity index (χ0) is 16.1. The van der Waals surface area contributed by atoms with Crippen molar-refractivity contribution in [2.45, 2.75) is 13.5 Å². The summed E-state index contributed by atoms with van der Waals surface area (Å²) in [4.78, 5) is 23.7. The van der Waals surface area contributed by atoms with Gasteiger partial charge in [-0.25, -0.2) is 0 Å². The van der Waals surface area contributed by atoms with E-state index in [4.69, 9.17) is 23.2 Å². The van der Waals surface area contributed by atoms with Crippen molar-refractivity contribution >= 4 is 40.7 Å². The second-order valence-corrected chi connectivity index (χ2v) is 5.45. The molecule has 0 aromatic heterocycles. The number of aryl methyl sites for hydroxylation is 1. The van der Waals surface area contributed by atoms with Crippen LogP contribution < -0.4 is 10.6 Å². The average Bonchev–Trinajstić information content (AvgIpc) is 2.50. The van der Waals surface area contributed by atoms with Gasteiger partial charge in [-0.3, -0.25) is 9.59 Å². The van der Waals surface area contributed by atoms with Gasteiger partial charge in [-0.15, -0.1) is 0 Å². The molecule has 0 saturated heterocycles. The fourth-order valence-electron chi connectivity index (χ4n) is 1.84. The minimum Gasteiger partial charge on any atom is -0.344 e. The molecule has 4 nitrogen and oxygen atoms in total. The number of carbonyl (C=O) groups is 2. The normalized spacial score (nSPS) is 10.1. The van der Waals surface area contributed by atoms with Gasteiger partial charge in [0.15, 0.2) is 0 Å². The third-order valence-corrected chi connectivity index (χ3v) is 3.93. The van der Waals surface area contributed by atoms with Gasteiger partial charge in [-0.05, 0) is 30.2 Å². The second-order valence-electron chi connectivity index (χ2n) is 4.66. The van der Waals surface area contributed by atoms with Crippen LogP contribution in [-0.2, 0) is 16.1 Å². The summed E-state index contributed by atoms with van der Waals surface area (Å²) in [5.41, 5.74) is 2.29. The molecule has 0 aliphatic rings. The Balaban J connectivity index is 1.97. The summed E-state index contributed by atoms with van der Waals surface area (Å²) in [7, 11) is 0. The van der Waals surface area contributed by atoms with Crippen molar-refractivity contribution in [1.29, 1.82) is 0 Å². The maximum atomic E-state index is 11.9. The van der Waals surface area contributed by atoms with Crippen LogP contribution in [0.2, 0.25) is 10.0 Å². The summed E-state index contributed by atoms with van der Waals surface area (Å²) in [6.45, 7) is 2.22.